The molecule has 0 aliphatic rings. The summed E-state index contributed by atoms with van der Waals surface area (Å²) in [7, 11) is 1.65. The molecule has 0 heterocycles. The molecular formula is C13H20N2O2. The minimum absolute atomic E-state index is 0.0443. The van der Waals surface area contributed by atoms with Gasteiger partial charge in [0.2, 0.25) is 5.91 Å². The number of rotatable bonds is 6. The number of carbonyl (C=O) groups excluding carboxylic acids is 1. The van der Waals surface area contributed by atoms with Crippen LogP contribution in [0.4, 0.5) is 5.69 Å². The maximum absolute atomic E-state index is 11.6. The quantitative estimate of drug-likeness (QED) is 0.788. The van der Waals surface area contributed by atoms with Crippen molar-refractivity contribution < 1.29 is 9.53 Å². The van der Waals surface area contributed by atoms with E-state index in [9.17, 15) is 4.79 Å². The Morgan fingerprint density at radius 1 is 1.35 bits per heavy atom. The first-order chi connectivity index (χ1) is 8.11. The van der Waals surface area contributed by atoms with Crippen molar-refractivity contribution in [2.45, 2.75) is 20.0 Å². The van der Waals surface area contributed by atoms with Gasteiger partial charge in [0, 0.05) is 19.3 Å². The van der Waals surface area contributed by atoms with Gasteiger partial charge in [-0.2, -0.15) is 0 Å². The molecule has 0 aliphatic heterocycles. The molecule has 1 atom stereocenters. The van der Waals surface area contributed by atoms with Crippen molar-refractivity contribution in [1.29, 1.82) is 0 Å². The van der Waals surface area contributed by atoms with E-state index in [0.29, 0.717) is 13.1 Å². The Morgan fingerprint density at radius 2 is 2.00 bits per heavy atom. The lowest BCUT2D eigenvalue weighted by molar-refractivity contribution is -0.115. The van der Waals surface area contributed by atoms with Gasteiger partial charge in [-0.3, -0.25) is 4.79 Å². The number of ether oxygens (including phenoxy) is 1. The predicted molar refractivity (Wildman–Crippen MR) is 69.1 cm³/mol. The molecule has 2 N–H and O–H groups in total. The van der Waals surface area contributed by atoms with Crippen LogP contribution in [-0.2, 0) is 9.53 Å². The fourth-order valence-corrected chi connectivity index (χ4v) is 1.31. The summed E-state index contributed by atoms with van der Waals surface area (Å²) >= 11 is 0. The number of aryl methyl sites for hydroxylation is 1. The number of methoxy groups -OCH3 is 1. The standard InChI is InChI=1S/C13H20N2O2/c1-10-4-6-12(7-5-10)15-13(16)9-14-8-11(2)17-3/h4-7,11,14H,8-9H2,1-3H3,(H,15,16). The molecule has 0 saturated heterocycles. The first kappa shape index (κ1) is 13.7. The highest BCUT2D eigenvalue weighted by atomic mass is 16.5. The molecule has 0 fully saturated rings. The van der Waals surface area contributed by atoms with Crippen molar-refractivity contribution >= 4 is 11.6 Å². The van der Waals surface area contributed by atoms with Crippen LogP contribution in [0.3, 0.4) is 0 Å². The largest absolute Gasteiger partial charge is 0.380 e. The summed E-state index contributed by atoms with van der Waals surface area (Å²) in [5.74, 6) is -0.0443. The molecule has 94 valence electrons. The Morgan fingerprint density at radius 3 is 2.59 bits per heavy atom. The molecule has 1 unspecified atom stereocenters. The molecule has 0 aliphatic carbocycles. The fraction of sp³-hybridized carbons (Fsp3) is 0.462. The monoisotopic (exact) mass is 236 g/mol. The van der Waals surface area contributed by atoms with Crippen LogP contribution < -0.4 is 10.6 Å². The van der Waals surface area contributed by atoms with Crippen LogP contribution in [0.25, 0.3) is 0 Å². The molecule has 1 aromatic rings. The summed E-state index contributed by atoms with van der Waals surface area (Å²) in [6.07, 6.45) is 0.113. The van der Waals surface area contributed by atoms with Crippen molar-refractivity contribution in [2.24, 2.45) is 0 Å². The molecule has 4 heteroatoms. The van der Waals surface area contributed by atoms with Crippen LogP contribution in [0.2, 0.25) is 0 Å². The van der Waals surface area contributed by atoms with E-state index < -0.39 is 0 Å². The second-order valence-corrected chi connectivity index (χ2v) is 4.09. The molecule has 0 bridgehead atoms. The van der Waals surface area contributed by atoms with Crippen molar-refractivity contribution in [2.75, 3.05) is 25.5 Å². The molecular weight excluding hydrogens is 216 g/mol. The third-order valence-corrected chi connectivity index (χ3v) is 2.46. The fourth-order valence-electron chi connectivity index (χ4n) is 1.31. The molecule has 0 aromatic heterocycles. The number of hydrogen-bond acceptors (Lipinski definition) is 3. The summed E-state index contributed by atoms with van der Waals surface area (Å²) in [6.45, 7) is 4.92. The van der Waals surface area contributed by atoms with Gasteiger partial charge in [-0.05, 0) is 26.0 Å². The zero-order chi connectivity index (χ0) is 12.7. The molecule has 0 saturated carbocycles. The lowest BCUT2D eigenvalue weighted by Gasteiger charge is -2.10. The third kappa shape index (κ3) is 5.47. The third-order valence-electron chi connectivity index (χ3n) is 2.46. The number of hydrogen-bond donors (Lipinski definition) is 2. The highest BCUT2D eigenvalue weighted by Gasteiger charge is 2.03. The van der Waals surface area contributed by atoms with E-state index >= 15 is 0 Å². The van der Waals surface area contributed by atoms with Gasteiger partial charge in [-0.25, -0.2) is 0 Å². The maximum Gasteiger partial charge on any atom is 0.238 e. The highest BCUT2D eigenvalue weighted by molar-refractivity contribution is 5.92. The van der Waals surface area contributed by atoms with Crippen molar-refractivity contribution in [3.05, 3.63) is 29.8 Å². The van der Waals surface area contributed by atoms with E-state index in [2.05, 4.69) is 10.6 Å². The van der Waals surface area contributed by atoms with Gasteiger partial charge < -0.3 is 15.4 Å². The van der Waals surface area contributed by atoms with Gasteiger partial charge in [-0.15, -0.1) is 0 Å². The van der Waals surface area contributed by atoms with Gasteiger partial charge >= 0.3 is 0 Å². The van der Waals surface area contributed by atoms with Gasteiger partial charge in [0.05, 0.1) is 12.6 Å². The van der Waals surface area contributed by atoms with Gasteiger partial charge in [0.15, 0.2) is 0 Å². The summed E-state index contributed by atoms with van der Waals surface area (Å²) in [6, 6.07) is 7.72. The van der Waals surface area contributed by atoms with Crippen LogP contribution >= 0.6 is 0 Å². The molecule has 4 nitrogen and oxygen atoms in total. The van der Waals surface area contributed by atoms with E-state index in [1.165, 1.54) is 5.56 Å². The van der Waals surface area contributed by atoms with Gasteiger partial charge in [0.25, 0.3) is 0 Å². The number of carbonyl (C=O) groups is 1. The van der Waals surface area contributed by atoms with Crippen LogP contribution in [0, 0.1) is 6.92 Å². The minimum Gasteiger partial charge on any atom is -0.380 e. The van der Waals surface area contributed by atoms with Gasteiger partial charge in [-0.1, -0.05) is 17.7 Å². The van der Waals surface area contributed by atoms with Crippen molar-refractivity contribution in [3.63, 3.8) is 0 Å². The Kier molecular flexibility index (Phi) is 5.66. The summed E-state index contributed by atoms with van der Waals surface area (Å²) in [5, 5.41) is 5.85. The van der Waals surface area contributed by atoms with Crippen LogP contribution in [0.1, 0.15) is 12.5 Å². The normalized spacial score (nSPS) is 12.2. The topological polar surface area (TPSA) is 50.4 Å². The summed E-state index contributed by atoms with van der Waals surface area (Å²) in [5.41, 5.74) is 2.00. The second kappa shape index (κ2) is 7.04. The average molecular weight is 236 g/mol. The molecule has 0 spiro atoms. The molecule has 0 radical (unpaired) electrons. The minimum atomic E-state index is -0.0443. The Balaban J connectivity index is 2.27. The zero-order valence-electron chi connectivity index (χ0n) is 10.6. The van der Waals surface area contributed by atoms with Gasteiger partial charge in [0.1, 0.15) is 0 Å². The molecule has 1 rings (SSSR count). The Bertz CT molecular complexity index is 349. The van der Waals surface area contributed by atoms with E-state index in [1.807, 2.05) is 38.1 Å². The first-order valence-corrected chi connectivity index (χ1v) is 5.72. The van der Waals surface area contributed by atoms with Crippen LogP contribution in [0.15, 0.2) is 24.3 Å². The second-order valence-electron chi connectivity index (χ2n) is 4.09. The Labute approximate surface area is 102 Å². The molecule has 1 amide bonds. The van der Waals surface area contributed by atoms with E-state index in [4.69, 9.17) is 4.74 Å². The van der Waals surface area contributed by atoms with E-state index in [1.54, 1.807) is 7.11 Å². The summed E-state index contributed by atoms with van der Waals surface area (Å²) in [4.78, 5) is 11.6. The number of nitrogens with one attached hydrogen (secondary N) is 2. The lowest BCUT2D eigenvalue weighted by Crippen LogP contribution is -2.33. The molecule has 1 aromatic carbocycles. The van der Waals surface area contributed by atoms with Crippen LogP contribution in [0.5, 0.6) is 0 Å². The number of anilines is 1. The summed E-state index contributed by atoms with van der Waals surface area (Å²) < 4.78 is 5.07. The Hall–Kier alpha value is -1.39. The van der Waals surface area contributed by atoms with Crippen molar-refractivity contribution in [1.82, 2.24) is 5.32 Å². The predicted octanol–water partition coefficient (Wildman–Crippen LogP) is 1.56. The SMILES string of the molecule is COC(C)CNCC(=O)Nc1ccc(C)cc1. The maximum atomic E-state index is 11.6. The van der Waals surface area contributed by atoms with E-state index in [-0.39, 0.29) is 12.0 Å². The smallest absolute Gasteiger partial charge is 0.238 e. The first-order valence-electron chi connectivity index (χ1n) is 5.72. The zero-order valence-corrected chi connectivity index (χ0v) is 10.6. The lowest BCUT2D eigenvalue weighted by atomic mass is 10.2. The number of amides is 1. The molecule has 17 heavy (non-hydrogen) atoms. The average Bonchev–Trinajstić information content (AvgIpc) is 2.32. The highest BCUT2D eigenvalue weighted by Crippen LogP contribution is 2.07. The number of benzene rings is 1. The van der Waals surface area contributed by atoms with E-state index in [0.717, 1.165) is 5.69 Å². The van der Waals surface area contributed by atoms with Crippen molar-refractivity contribution in [3.8, 4) is 0 Å². The van der Waals surface area contributed by atoms with Crippen LogP contribution in [-0.4, -0.2) is 32.2 Å².